The first-order chi connectivity index (χ1) is 8.39. The van der Waals surface area contributed by atoms with E-state index in [-0.39, 0.29) is 0 Å². The number of aromatic nitrogens is 1. The van der Waals surface area contributed by atoms with E-state index in [1.165, 1.54) is 19.4 Å². The van der Waals surface area contributed by atoms with Gasteiger partial charge in [-0.3, -0.25) is 9.88 Å². The molecule has 1 saturated heterocycles. The van der Waals surface area contributed by atoms with Crippen molar-refractivity contribution in [3.63, 3.8) is 0 Å². The zero-order chi connectivity index (χ0) is 13.3. The average molecular weight is 247 g/mol. The fraction of sp³-hybridized carbons (Fsp3) is 0.667. The lowest BCUT2D eigenvalue weighted by atomic mass is 9.84. The van der Waals surface area contributed by atoms with E-state index < -0.39 is 0 Å². The van der Waals surface area contributed by atoms with E-state index in [0.717, 1.165) is 35.6 Å². The number of hydrogen-bond acceptors (Lipinski definition) is 3. The number of likely N-dealkylation sites (tertiary alicyclic amines) is 1. The van der Waals surface area contributed by atoms with Gasteiger partial charge in [0.05, 0.1) is 5.69 Å². The first kappa shape index (κ1) is 13.3. The molecule has 0 unspecified atom stereocenters. The van der Waals surface area contributed by atoms with E-state index in [1.54, 1.807) is 0 Å². The summed E-state index contributed by atoms with van der Waals surface area (Å²) < 4.78 is 0. The Morgan fingerprint density at radius 3 is 2.78 bits per heavy atom. The topological polar surface area (TPSA) is 42.2 Å². The molecular formula is C15H25N3. The minimum Gasteiger partial charge on any atom is -0.398 e. The third-order valence-corrected chi connectivity index (χ3v) is 4.03. The van der Waals surface area contributed by atoms with Gasteiger partial charge in [0.1, 0.15) is 0 Å². The van der Waals surface area contributed by atoms with Crippen LogP contribution in [0.5, 0.6) is 0 Å². The normalized spacial score (nSPS) is 20.0. The van der Waals surface area contributed by atoms with Gasteiger partial charge in [0.25, 0.3) is 0 Å². The standard InChI is InChI=1S/C15H25N3/c1-11-8-17-13(12(2)14(11)16)9-18-7-5-6-15(3,4)10-18/h8H,5-7,9-10H2,1-4H3,(H2,16,17). The number of nitrogens with zero attached hydrogens (tertiary/aromatic N) is 2. The Bertz CT molecular complexity index is 438. The first-order valence-corrected chi connectivity index (χ1v) is 6.82. The summed E-state index contributed by atoms with van der Waals surface area (Å²) in [4.78, 5) is 7.07. The molecule has 0 saturated carbocycles. The number of pyridine rings is 1. The summed E-state index contributed by atoms with van der Waals surface area (Å²) in [7, 11) is 0. The summed E-state index contributed by atoms with van der Waals surface area (Å²) in [6, 6.07) is 0. The molecule has 0 radical (unpaired) electrons. The van der Waals surface area contributed by atoms with Crippen molar-refractivity contribution in [2.75, 3.05) is 18.8 Å². The molecule has 100 valence electrons. The molecule has 0 aliphatic carbocycles. The second-order valence-electron chi connectivity index (χ2n) is 6.41. The Labute approximate surface area is 110 Å². The van der Waals surface area contributed by atoms with E-state index in [2.05, 4.69) is 30.7 Å². The molecule has 2 heterocycles. The molecule has 0 atom stereocenters. The van der Waals surface area contributed by atoms with Crippen LogP contribution in [0, 0.1) is 19.3 Å². The van der Waals surface area contributed by atoms with Gasteiger partial charge in [-0.2, -0.15) is 0 Å². The quantitative estimate of drug-likeness (QED) is 0.873. The lowest BCUT2D eigenvalue weighted by Crippen LogP contribution is -2.39. The summed E-state index contributed by atoms with van der Waals surface area (Å²) in [5.41, 5.74) is 10.8. The number of nitrogens with two attached hydrogens (primary N) is 1. The fourth-order valence-corrected chi connectivity index (χ4v) is 2.84. The Balaban J connectivity index is 2.12. The molecule has 2 rings (SSSR count). The van der Waals surface area contributed by atoms with Crippen LogP contribution < -0.4 is 5.73 Å². The van der Waals surface area contributed by atoms with Crippen molar-refractivity contribution in [2.45, 2.75) is 47.1 Å². The summed E-state index contributed by atoms with van der Waals surface area (Å²) in [6.07, 6.45) is 4.51. The van der Waals surface area contributed by atoms with Crippen LogP contribution in [0.4, 0.5) is 5.69 Å². The van der Waals surface area contributed by atoms with Crippen molar-refractivity contribution in [3.05, 3.63) is 23.0 Å². The molecule has 2 N–H and O–H groups in total. The van der Waals surface area contributed by atoms with Gasteiger partial charge < -0.3 is 5.73 Å². The van der Waals surface area contributed by atoms with E-state index in [0.29, 0.717) is 5.41 Å². The molecule has 0 amide bonds. The van der Waals surface area contributed by atoms with Gasteiger partial charge in [-0.1, -0.05) is 13.8 Å². The molecule has 1 aliphatic heterocycles. The average Bonchev–Trinajstić information content (AvgIpc) is 2.29. The lowest BCUT2D eigenvalue weighted by molar-refractivity contribution is 0.110. The van der Waals surface area contributed by atoms with Crippen molar-refractivity contribution in [2.24, 2.45) is 5.41 Å². The number of piperidine rings is 1. The highest BCUT2D eigenvalue weighted by molar-refractivity contribution is 5.53. The maximum atomic E-state index is 6.08. The van der Waals surface area contributed by atoms with E-state index in [4.69, 9.17) is 5.73 Å². The molecule has 18 heavy (non-hydrogen) atoms. The lowest BCUT2D eigenvalue weighted by Gasteiger charge is -2.38. The summed E-state index contributed by atoms with van der Waals surface area (Å²) in [6.45, 7) is 12.1. The zero-order valence-corrected chi connectivity index (χ0v) is 12.1. The van der Waals surface area contributed by atoms with Crippen molar-refractivity contribution >= 4 is 5.69 Å². The molecule has 3 heteroatoms. The summed E-state index contributed by atoms with van der Waals surface area (Å²) >= 11 is 0. The van der Waals surface area contributed by atoms with Crippen molar-refractivity contribution in [1.82, 2.24) is 9.88 Å². The largest absolute Gasteiger partial charge is 0.398 e. The molecule has 0 bridgehead atoms. The second-order valence-corrected chi connectivity index (χ2v) is 6.41. The van der Waals surface area contributed by atoms with Crippen LogP contribution in [0.2, 0.25) is 0 Å². The van der Waals surface area contributed by atoms with E-state index in [9.17, 15) is 0 Å². The third-order valence-electron chi connectivity index (χ3n) is 4.03. The van der Waals surface area contributed by atoms with Gasteiger partial charge in [0, 0.05) is 25.0 Å². The second kappa shape index (κ2) is 4.88. The number of nitrogen functional groups attached to an aromatic ring is 1. The summed E-state index contributed by atoms with van der Waals surface area (Å²) in [5, 5.41) is 0. The van der Waals surface area contributed by atoms with Crippen LogP contribution >= 0.6 is 0 Å². The minimum atomic E-state index is 0.433. The fourth-order valence-electron chi connectivity index (χ4n) is 2.84. The number of hydrogen-bond donors (Lipinski definition) is 1. The Kier molecular flexibility index (Phi) is 3.62. The van der Waals surface area contributed by atoms with Crippen LogP contribution in [0.25, 0.3) is 0 Å². The molecule has 0 spiro atoms. The molecule has 0 aromatic carbocycles. The van der Waals surface area contributed by atoms with Gasteiger partial charge in [0.2, 0.25) is 0 Å². The zero-order valence-electron chi connectivity index (χ0n) is 12.1. The number of aryl methyl sites for hydroxylation is 1. The van der Waals surface area contributed by atoms with Gasteiger partial charge in [-0.05, 0) is 49.8 Å². The van der Waals surface area contributed by atoms with Crippen LogP contribution in [0.1, 0.15) is 43.5 Å². The minimum absolute atomic E-state index is 0.433. The van der Waals surface area contributed by atoms with Gasteiger partial charge in [-0.15, -0.1) is 0 Å². The highest BCUT2D eigenvalue weighted by atomic mass is 15.1. The molecular weight excluding hydrogens is 222 g/mol. The third kappa shape index (κ3) is 2.83. The smallest absolute Gasteiger partial charge is 0.0593 e. The van der Waals surface area contributed by atoms with Crippen molar-refractivity contribution in [1.29, 1.82) is 0 Å². The maximum absolute atomic E-state index is 6.08. The highest BCUT2D eigenvalue weighted by Gasteiger charge is 2.26. The van der Waals surface area contributed by atoms with E-state index in [1.807, 2.05) is 13.1 Å². The molecule has 3 nitrogen and oxygen atoms in total. The van der Waals surface area contributed by atoms with Crippen molar-refractivity contribution in [3.8, 4) is 0 Å². The molecule has 1 fully saturated rings. The SMILES string of the molecule is Cc1cnc(CN2CCCC(C)(C)C2)c(C)c1N. The monoisotopic (exact) mass is 247 g/mol. The van der Waals surface area contributed by atoms with Crippen molar-refractivity contribution < 1.29 is 0 Å². The molecule has 1 aliphatic rings. The number of anilines is 1. The van der Waals surface area contributed by atoms with Crippen LogP contribution in [0.3, 0.4) is 0 Å². The predicted molar refractivity (Wildman–Crippen MR) is 76.4 cm³/mol. The molecule has 1 aromatic rings. The van der Waals surface area contributed by atoms with Gasteiger partial charge >= 0.3 is 0 Å². The number of rotatable bonds is 2. The van der Waals surface area contributed by atoms with Gasteiger partial charge in [0.15, 0.2) is 0 Å². The predicted octanol–water partition coefficient (Wildman–Crippen LogP) is 2.90. The summed E-state index contributed by atoms with van der Waals surface area (Å²) in [5.74, 6) is 0. The Morgan fingerprint density at radius 2 is 2.11 bits per heavy atom. The molecule has 1 aromatic heterocycles. The Morgan fingerprint density at radius 1 is 1.39 bits per heavy atom. The highest BCUT2D eigenvalue weighted by Crippen LogP contribution is 2.29. The van der Waals surface area contributed by atoms with E-state index >= 15 is 0 Å². The maximum Gasteiger partial charge on any atom is 0.0593 e. The Hall–Kier alpha value is -1.09. The first-order valence-electron chi connectivity index (χ1n) is 6.82. The van der Waals surface area contributed by atoms with Crippen LogP contribution in [-0.4, -0.2) is 23.0 Å². The van der Waals surface area contributed by atoms with Crippen LogP contribution in [-0.2, 0) is 6.54 Å². The van der Waals surface area contributed by atoms with Gasteiger partial charge in [-0.25, -0.2) is 0 Å². The van der Waals surface area contributed by atoms with Crippen LogP contribution in [0.15, 0.2) is 6.20 Å².